The van der Waals surface area contributed by atoms with E-state index in [1.165, 1.54) is 0 Å². The molecule has 1 aliphatic heterocycles. The lowest BCUT2D eigenvalue weighted by molar-refractivity contribution is 0.0950. The molecule has 1 fully saturated rings. The van der Waals surface area contributed by atoms with Crippen LogP contribution in [-0.2, 0) is 6.54 Å². The topological polar surface area (TPSA) is 70.7 Å². The Balaban J connectivity index is 1.59. The number of nitrogens with one attached hydrogen (secondary N) is 2. The highest BCUT2D eigenvalue weighted by atomic mass is 16.5. The Morgan fingerprint density at radius 2 is 1.89 bits per heavy atom. The van der Waals surface area contributed by atoms with E-state index in [0.717, 1.165) is 42.7 Å². The summed E-state index contributed by atoms with van der Waals surface area (Å²) in [4.78, 5) is 26.4. The van der Waals surface area contributed by atoms with Gasteiger partial charge >= 0.3 is 6.03 Å². The Hall–Kier alpha value is -3.02. The molecule has 1 saturated heterocycles. The molecular weight excluding hydrogens is 342 g/mol. The number of ether oxygens (including phenoxy) is 1. The molecule has 0 aliphatic carbocycles. The molecule has 1 heterocycles. The van der Waals surface area contributed by atoms with Gasteiger partial charge < -0.3 is 20.3 Å². The zero-order valence-corrected chi connectivity index (χ0v) is 15.7. The first-order chi connectivity index (χ1) is 13.1. The highest BCUT2D eigenvalue weighted by Gasteiger charge is 2.17. The van der Waals surface area contributed by atoms with Crippen molar-refractivity contribution in [1.29, 1.82) is 0 Å². The van der Waals surface area contributed by atoms with Crippen molar-refractivity contribution >= 4 is 17.6 Å². The van der Waals surface area contributed by atoms with Crippen molar-refractivity contribution in [2.45, 2.75) is 26.3 Å². The predicted molar refractivity (Wildman–Crippen MR) is 105 cm³/mol. The minimum Gasteiger partial charge on any atom is -0.496 e. The average molecular weight is 367 g/mol. The highest BCUT2D eigenvalue weighted by molar-refractivity contribution is 5.94. The monoisotopic (exact) mass is 367 g/mol. The van der Waals surface area contributed by atoms with Crippen LogP contribution < -0.4 is 15.4 Å². The summed E-state index contributed by atoms with van der Waals surface area (Å²) in [5.41, 5.74) is 3.18. The molecule has 2 N–H and O–H groups in total. The molecule has 27 heavy (non-hydrogen) atoms. The van der Waals surface area contributed by atoms with Gasteiger partial charge in [-0.15, -0.1) is 0 Å². The lowest BCUT2D eigenvalue weighted by Crippen LogP contribution is -2.32. The fourth-order valence-corrected chi connectivity index (χ4v) is 3.13. The molecule has 142 valence electrons. The molecule has 6 nitrogen and oxygen atoms in total. The molecule has 2 aromatic rings. The maximum Gasteiger partial charge on any atom is 0.321 e. The van der Waals surface area contributed by atoms with Crippen molar-refractivity contribution in [3.05, 3.63) is 59.2 Å². The summed E-state index contributed by atoms with van der Waals surface area (Å²) in [5.74, 6) is 0.522. The Kier molecular flexibility index (Phi) is 5.96. The fourth-order valence-electron chi connectivity index (χ4n) is 3.13. The number of hydrogen-bond donors (Lipinski definition) is 2. The van der Waals surface area contributed by atoms with Crippen LogP contribution in [0.3, 0.4) is 0 Å². The van der Waals surface area contributed by atoms with E-state index in [1.807, 2.05) is 42.2 Å². The molecule has 0 radical (unpaired) electrons. The van der Waals surface area contributed by atoms with Crippen LogP contribution in [0.2, 0.25) is 0 Å². The van der Waals surface area contributed by atoms with Crippen molar-refractivity contribution in [3.63, 3.8) is 0 Å². The van der Waals surface area contributed by atoms with Gasteiger partial charge in [-0.3, -0.25) is 4.79 Å². The molecule has 0 bridgehead atoms. The maximum atomic E-state index is 12.4. The van der Waals surface area contributed by atoms with Crippen LogP contribution in [0.5, 0.6) is 5.75 Å². The van der Waals surface area contributed by atoms with Crippen LogP contribution >= 0.6 is 0 Å². The van der Waals surface area contributed by atoms with Crippen LogP contribution in [0.15, 0.2) is 42.5 Å². The summed E-state index contributed by atoms with van der Waals surface area (Å²) < 4.78 is 5.27. The van der Waals surface area contributed by atoms with E-state index in [1.54, 1.807) is 19.2 Å². The van der Waals surface area contributed by atoms with Gasteiger partial charge in [-0.1, -0.05) is 18.2 Å². The first-order valence-electron chi connectivity index (χ1n) is 9.14. The first-order valence-corrected chi connectivity index (χ1v) is 9.14. The second-order valence-electron chi connectivity index (χ2n) is 6.69. The van der Waals surface area contributed by atoms with Gasteiger partial charge in [-0.05, 0) is 55.2 Å². The minimum atomic E-state index is -0.167. The van der Waals surface area contributed by atoms with E-state index in [0.29, 0.717) is 17.9 Å². The van der Waals surface area contributed by atoms with Gasteiger partial charge in [-0.2, -0.15) is 0 Å². The molecule has 0 aromatic heterocycles. The zero-order valence-electron chi connectivity index (χ0n) is 15.7. The van der Waals surface area contributed by atoms with Crippen molar-refractivity contribution < 1.29 is 14.3 Å². The van der Waals surface area contributed by atoms with Crippen LogP contribution in [-0.4, -0.2) is 37.0 Å². The molecule has 6 heteroatoms. The number of aryl methyl sites for hydroxylation is 1. The summed E-state index contributed by atoms with van der Waals surface area (Å²) in [6.45, 7) is 3.92. The van der Waals surface area contributed by atoms with Crippen molar-refractivity contribution in [2.24, 2.45) is 0 Å². The normalized spacial score (nSPS) is 13.3. The van der Waals surface area contributed by atoms with Crippen LogP contribution in [0.4, 0.5) is 10.5 Å². The molecule has 0 saturated carbocycles. The van der Waals surface area contributed by atoms with Gasteiger partial charge in [-0.25, -0.2) is 4.79 Å². The molecular formula is C21H25N3O3. The third-order valence-electron chi connectivity index (χ3n) is 4.69. The molecule has 0 spiro atoms. The van der Waals surface area contributed by atoms with E-state index >= 15 is 0 Å². The maximum absolute atomic E-state index is 12.4. The van der Waals surface area contributed by atoms with Gasteiger partial charge in [0, 0.05) is 30.9 Å². The second kappa shape index (κ2) is 8.58. The number of anilines is 1. The van der Waals surface area contributed by atoms with Crippen LogP contribution in [0.1, 0.15) is 34.3 Å². The summed E-state index contributed by atoms with van der Waals surface area (Å²) in [6.07, 6.45) is 2.12. The third kappa shape index (κ3) is 4.78. The summed E-state index contributed by atoms with van der Waals surface area (Å²) in [5, 5.41) is 5.83. The van der Waals surface area contributed by atoms with E-state index in [-0.39, 0.29) is 11.9 Å². The van der Waals surface area contributed by atoms with Gasteiger partial charge in [0.15, 0.2) is 0 Å². The van der Waals surface area contributed by atoms with Crippen molar-refractivity contribution in [3.8, 4) is 5.75 Å². The quantitative estimate of drug-likeness (QED) is 0.849. The predicted octanol–water partition coefficient (Wildman–Crippen LogP) is 3.56. The van der Waals surface area contributed by atoms with E-state index in [4.69, 9.17) is 4.74 Å². The summed E-state index contributed by atoms with van der Waals surface area (Å²) in [6, 6.07) is 12.8. The van der Waals surface area contributed by atoms with E-state index in [9.17, 15) is 9.59 Å². The lowest BCUT2D eigenvalue weighted by atomic mass is 10.1. The number of nitrogens with zero attached hydrogens (tertiary/aromatic N) is 1. The number of urea groups is 1. The van der Waals surface area contributed by atoms with Crippen molar-refractivity contribution in [1.82, 2.24) is 10.2 Å². The van der Waals surface area contributed by atoms with E-state index in [2.05, 4.69) is 10.6 Å². The molecule has 0 unspecified atom stereocenters. The number of methoxy groups -OCH3 is 1. The van der Waals surface area contributed by atoms with E-state index < -0.39 is 0 Å². The third-order valence-corrected chi connectivity index (χ3v) is 4.69. The molecule has 3 amide bonds. The Labute approximate surface area is 159 Å². The smallest absolute Gasteiger partial charge is 0.321 e. The van der Waals surface area contributed by atoms with Crippen LogP contribution in [0, 0.1) is 6.92 Å². The largest absolute Gasteiger partial charge is 0.496 e. The number of likely N-dealkylation sites (tertiary alicyclic amines) is 1. The number of amides is 3. The standard InChI is InChI=1S/C21H25N3O3/c1-15-8-9-17(13-19(15)27-2)20(25)22-14-16-6-5-7-18(12-16)23-21(26)24-10-3-4-11-24/h5-9,12-13H,3-4,10-11,14H2,1-2H3,(H,22,25)(H,23,26). The number of rotatable bonds is 5. The first kappa shape index (κ1) is 18.8. The molecule has 3 rings (SSSR count). The average Bonchev–Trinajstić information content (AvgIpc) is 3.22. The van der Waals surface area contributed by atoms with Crippen LogP contribution in [0.25, 0.3) is 0 Å². The number of benzene rings is 2. The SMILES string of the molecule is COc1cc(C(=O)NCc2cccc(NC(=O)N3CCCC3)c2)ccc1C. The van der Waals surface area contributed by atoms with Gasteiger partial charge in [0.05, 0.1) is 7.11 Å². The lowest BCUT2D eigenvalue weighted by Gasteiger charge is -2.16. The van der Waals surface area contributed by atoms with Gasteiger partial charge in [0.2, 0.25) is 0 Å². The Bertz CT molecular complexity index is 829. The Morgan fingerprint density at radius 1 is 1.11 bits per heavy atom. The highest BCUT2D eigenvalue weighted by Crippen LogP contribution is 2.19. The minimum absolute atomic E-state index is 0.0690. The second-order valence-corrected chi connectivity index (χ2v) is 6.69. The zero-order chi connectivity index (χ0) is 19.2. The molecule has 2 aromatic carbocycles. The Morgan fingerprint density at radius 3 is 2.63 bits per heavy atom. The summed E-state index contributed by atoms with van der Waals surface area (Å²) >= 11 is 0. The molecule has 0 atom stereocenters. The summed E-state index contributed by atoms with van der Waals surface area (Å²) in [7, 11) is 1.59. The van der Waals surface area contributed by atoms with Crippen molar-refractivity contribution in [2.75, 3.05) is 25.5 Å². The number of hydrogen-bond acceptors (Lipinski definition) is 3. The number of carbonyl (C=O) groups excluding carboxylic acids is 2. The van der Waals surface area contributed by atoms with Gasteiger partial charge in [0.25, 0.3) is 5.91 Å². The number of carbonyl (C=O) groups is 2. The van der Waals surface area contributed by atoms with Gasteiger partial charge in [0.1, 0.15) is 5.75 Å². The fraction of sp³-hybridized carbons (Fsp3) is 0.333. The molecule has 1 aliphatic rings.